The number of hydrogen-bond acceptors (Lipinski definition) is 6. The van der Waals surface area contributed by atoms with Crippen molar-refractivity contribution in [2.24, 2.45) is 0 Å². The lowest BCUT2D eigenvalue weighted by Crippen LogP contribution is -2.56. The molecule has 13 heteroatoms. The first-order chi connectivity index (χ1) is 18.3. The summed E-state index contributed by atoms with van der Waals surface area (Å²) in [4.78, 5) is 62.6. The Morgan fingerprint density at radius 2 is 1.64 bits per heavy atom. The third-order valence-electron chi connectivity index (χ3n) is 6.12. The average molecular weight is 596 g/mol. The number of amides is 3. The van der Waals surface area contributed by atoms with E-state index in [0.29, 0.717) is 11.3 Å². The van der Waals surface area contributed by atoms with Crippen molar-refractivity contribution in [3.63, 3.8) is 0 Å². The second kappa shape index (κ2) is 12.7. The van der Waals surface area contributed by atoms with Gasteiger partial charge in [-0.3, -0.25) is 19.2 Å². The first kappa shape index (κ1) is 30.3. The highest BCUT2D eigenvalue weighted by Crippen LogP contribution is 2.39. The number of carbonyl (C=O) groups excluding carboxylic acids is 3. The Kier molecular flexibility index (Phi) is 9.87. The molecule has 10 nitrogen and oxygen atoms in total. The quantitative estimate of drug-likeness (QED) is 0.322. The summed E-state index contributed by atoms with van der Waals surface area (Å²) in [5, 5.41) is 24.3. The summed E-state index contributed by atoms with van der Waals surface area (Å²) in [6, 6.07) is 8.83. The molecule has 1 heterocycles. The van der Waals surface area contributed by atoms with Crippen molar-refractivity contribution < 1.29 is 34.2 Å². The van der Waals surface area contributed by atoms with Crippen molar-refractivity contribution in [1.29, 1.82) is 0 Å². The Hall–Kier alpha value is -3.28. The van der Waals surface area contributed by atoms with Crippen LogP contribution in [0.3, 0.4) is 0 Å². The van der Waals surface area contributed by atoms with E-state index in [0.717, 1.165) is 0 Å². The van der Waals surface area contributed by atoms with Crippen molar-refractivity contribution in [3.8, 4) is 0 Å². The third kappa shape index (κ3) is 7.65. The molecule has 0 radical (unpaired) electrons. The van der Waals surface area contributed by atoms with Crippen LogP contribution in [-0.2, 0) is 25.6 Å². The number of carbonyl (C=O) groups is 5. The van der Waals surface area contributed by atoms with Gasteiger partial charge in [-0.05, 0) is 43.7 Å². The normalized spacial score (nSPS) is 16.8. The van der Waals surface area contributed by atoms with E-state index in [-0.39, 0.29) is 40.7 Å². The topological polar surface area (TPSA) is 153 Å². The largest absolute Gasteiger partial charge is 0.481 e. The molecule has 3 rings (SSSR count). The maximum Gasteiger partial charge on any atom is 0.326 e. The number of aliphatic carboxylic acids is 2. The molecule has 3 amide bonds. The molecule has 4 N–H and O–H groups in total. The molecule has 0 bridgehead atoms. The molecule has 0 aromatic heterocycles. The molecule has 1 aliphatic rings. The summed E-state index contributed by atoms with van der Waals surface area (Å²) < 4.78 is -0.712. The van der Waals surface area contributed by atoms with E-state index >= 15 is 0 Å². The summed E-state index contributed by atoms with van der Waals surface area (Å²) in [5.41, 5.74) is 1.13. The molecule has 1 fully saturated rings. The standard InChI is InChI=1S/C26H27Cl2N3O7S/c1-26(2)22(31(13-39-26)19(32)10-11-20(33)34)24(36)30-18(25(37)38)12-14-6-8-15(9-7-14)29-23(35)21-16(27)4-3-5-17(21)28/h3-9,18,22H,10-13H2,1-2H3,(H,29,35)(H,30,36)(H,33,34)(H,37,38)/t18-,22-/m0/s1. The van der Waals surface area contributed by atoms with Crippen LogP contribution < -0.4 is 10.6 Å². The van der Waals surface area contributed by atoms with E-state index in [4.69, 9.17) is 28.3 Å². The van der Waals surface area contributed by atoms with Crippen LogP contribution in [0.15, 0.2) is 42.5 Å². The predicted octanol–water partition coefficient (Wildman–Crippen LogP) is 3.90. The SMILES string of the molecule is CC1(C)SCN(C(=O)CCC(=O)O)[C@H]1C(=O)N[C@@H](Cc1ccc(NC(=O)c2c(Cl)cccc2Cl)cc1)C(=O)O. The molecule has 0 aliphatic carbocycles. The van der Waals surface area contributed by atoms with Crippen molar-refractivity contribution in [2.75, 3.05) is 11.2 Å². The average Bonchev–Trinajstić information content (AvgIpc) is 3.18. The minimum atomic E-state index is -1.29. The van der Waals surface area contributed by atoms with Gasteiger partial charge in [0.25, 0.3) is 5.91 Å². The van der Waals surface area contributed by atoms with Gasteiger partial charge in [-0.15, -0.1) is 11.8 Å². The third-order valence-corrected chi connectivity index (χ3v) is 8.13. The van der Waals surface area contributed by atoms with E-state index in [1.165, 1.54) is 16.7 Å². The van der Waals surface area contributed by atoms with Gasteiger partial charge in [0.05, 0.1) is 27.9 Å². The summed E-state index contributed by atoms with van der Waals surface area (Å²) in [7, 11) is 0. The van der Waals surface area contributed by atoms with Crippen LogP contribution in [0.4, 0.5) is 5.69 Å². The zero-order chi connectivity index (χ0) is 28.9. The van der Waals surface area contributed by atoms with Gasteiger partial charge in [-0.1, -0.05) is 41.4 Å². The molecule has 0 spiro atoms. The van der Waals surface area contributed by atoms with Crippen LogP contribution in [0, 0.1) is 0 Å². The van der Waals surface area contributed by atoms with Gasteiger partial charge in [-0.2, -0.15) is 0 Å². The van der Waals surface area contributed by atoms with Crippen molar-refractivity contribution in [3.05, 3.63) is 63.6 Å². The van der Waals surface area contributed by atoms with Gasteiger partial charge >= 0.3 is 11.9 Å². The maximum absolute atomic E-state index is 13.2. The number of carboxylic acids is 2. The van der Waals surface area contributed by atoms with E-state index in [9.17, 15) is 29.1 Å². The van der Waals surface area contributed by atoms with Crippen LogP contribution in [0.5, 0.6) is 0 Å². The number of hydrogen-bond donors (Lipinski definition) is 4. The van der Waals surface area contributed by atoms with Gasteiger partial charge in [-0.25, -0.2) is 4.79 Å². The van der Waals surface area contributed by atoms with Crippen LogP contribution in [0.2, 0.25) is 10.0 Å². The van der Waals surface area contributed by atoms with Gasteiger partial charge in [0.15, 0.2) is 0 Å². The Labute approximate surface area is 239 Å². The maximum atomic E-state index is 13.2. The van der Waals surface area contributed by atoms with E-state index in [1.807, 2.05) is 0 Å². The fraction of sp³-hybridized carbons (Fsp3) is 0.346. The van der Waals surface area contributed by atoms with Gasteiger partial charge in [0, 0.05) is 23.3 Å². The van der Waals surface area contributed by atoms with Crippen molar-refractivity contribution in [2.45, 2.75) is 49.9 Å². The number of anilines is 1. The van der Waals surface area contributed by atoms with Crippen LogP contribution in [0.1, 0.15) is 42.6 Å². The Bertz CT molecular complexity index is 1270. The number of halogens is 2. The van der Waals surface area contributed by atoms with Gasteiger partial charge in [0.2, 0.25) is 11.8 Å². The fourth-order valence-electron chi connectivity index (χ4n) is 4.11. The molecular weight excluding hydrogens is 569 g/mol. The Morgan fingerprint density at radius 3 is 2.21 bits per heavy atom. The first-order valence-electron chi connectivity index (χ1n) is 11.8. The molecule has 0 unspecified atom stereocenters. The molecule has 2 atom stereocenters. The molecule has 1 aliphatic heterocycles. The van der Waals surface area contributed by atoms with Crippen molar-refractivity contribution in [1.82, 2.24) is 10.2 Å². The second-order valence-electron chi connectivity index (χ2n) is 9.39. The molecule has 2 aromatic rings. The lowest BCUT2D eigenvalue weighted by atomic mass is 9.99. The smallest absolute Gasteiger partial charge is 0.326 e. The Morgan fingerprint density at radius 1 is 1.03 bits per heavy atom. The zero-order valence-electron chi connectivity index (χ0n) is 21.1. The fourth-order valence-corrected chi connectivity index (χ4v) is 5.84. The van der Waals surface area contributed by atoms with Crippen LogP contribution in [0.25, 0.3) is 0 Å². The molecule has 0 saturated carbocycles. The first-order valence-corrected chi connectivity index (χ1v) is 13.6. The highest BCUT2D eigenvalue weighted by molar-refractivity contribution is 8.00. The minimum absolute atomic E-state index is 0.0567. The summed E-state index contributed by atoms with van der Waals surface area (Å²) >= 11 is 13.5. The van der Waals surface area contributed by atoms with Crippen LogP contribution in [-0.4, -0.2) is 67.5 Å². The number of nitrogens with zero attached hydrogens (tertiary/aromatic N) is 1. The van der Waals surface area contributed by atoms with Gasteiger partial charge in [0.1, 0.15) is 12.1 Å². The summed E-state index contributed by atoms with van der Waals surface area (Å²) in [6.45, 7) is 3.54. The summed E-state index contributed by atoms with van der Waals surface area (Å²) in [6.07, 6.45) is -0.684. The van der Waals surface area contributed by atoms with Crippen molar-refractivity contribution >= 4 is 70.3 Å². The number of rotatable bonds is 10. The second-order valence-corrected chi connectivity index (χ2v) is 11.8. The zero-order valence-corrected chi connectivity index (χ0v) is 23.4. The molecule has 2 aromatic carbocycles. The lowest BCUT2D eigenvalue weighted by molar-refractivity contribution is -0.145. The Balaban J connectivity index is 1.68. The molecule has 1 saturated heterocycles. The molecular formula is C26H27Cl2N3O7S. The predicted molar refractivity (Wildman–Crippen MR) is 148 cm³/mol. The van der Waals surface area contributed by atoms with Crippen LogP contribution >= 0.6 is 35.0 Å². The van der Waals surface area contributed by atoms with E-state index in [1.54, 1.807) is 56.3 Å². The number of benzene rings is 2. The van der Waals surface area contributed by atoms with Gasteiger partial charge < -0.3 is 25.7 Å². The molecule has 39 heavy (non-hydrogen) atoms. The summed E-state index contributed by atoms with van der Waals surface area (Å²) in [5.74, 6) is -3.83. The highest BCUT2D eigenvalue weighted by atomic mass is 35.5. The monoisotopic (exact) mass is 595 g/mol. The minimum Gasteiger partial charge on any atom is -0.481 e. The number of thioether (sulfide) groups is 1. The lowest BCUT2D eigenvalue weighted by Gasteiger charge is -2.31. The number of carboxylic acid groups (broad SMARTS) is 2. The molecule has 208 valence electrons. The highest BCUT2D eigenvalue weighted by Gasteiger charge is 2.48. The van der Waals surface area contributed by atoms with E-state index < -0.39 is 46.5 Å². The number of nitrogens with one attached hydrogen (secondary N) is 2. The van der Waals surface area contributed by atoms with E-state index in [2.05, 4.69) is 10.6 Å².